The zero-order valence-corrected chi connectivity index (χ0v) is 17.4. The summed E-state index contributed by atoms with van der Waals surface area (Å²) in [5, 5.41) is 11.2. The van der Waals surface area contributed by atoms with E-state index in [0.717, 1.165) is 0 Å². The molecule has 6 nitrogen and oxygen atoms in total. The van der Waals surface area contributed by atoms with E-state index in [4.69, 9.17) is 27.6 Å². The van der Waals surface area contributed by atoms with E-state index in [1.165, 1.54) is 23.3 Å². The zero-order chi connectivity index (χ0) is 21.1. The number of likely N-dealkylation sites (N-methyl/N-ethyl adjacent to an activating group) is 1. The van der Waals surface area contributed by atoms with Crippen LogP contribution in [-0.4, -0.2) is 53.8 Å². The van der Waals surface area contributed by atoms with Crippen LogP contribution in [0, 0.1) is 0 Å². The third-order valence-electron chi connectivity index (χ3n) is 4.56. The van der Waals surface area contributed by atoms with Gasteiger partial charge in [-0.1, -0.05) is 29.3 Å². The van der Waals surface area contributed by atoms with Crippen molar-refractivity contribution in [3.8, 4) is 0 Å². The number of hydrogen-bond donors (Lipinski definition) is 1. The van der Waals surface area contributed by atoms with E-state index in [1.807, 2.05) is 19.0 Å². The first-order valence-electron chi connectivity index (χ1n) is 8.89. The SMILES string of the molecule is CN(C)CCN1C(=O)C(O)=C(C(=O)C=Cc2ccco2)C1c1ccc(Cl)c(Cl)c1. The lowest BCUT2D eigenvalue weighted by Gasteiger charge is -2.28. The first-order valence-corrected chi connectivity index (χ1v) is 9.65. The number of amides is 1. The summed E-state index contributed by atoms with van der Waals surface area (Å²) in [6.45, 7) is 0.875. The number of hydrogen-bond acceptors (Lipinski definition) is 5. The molecule has 0 saturated carbocycles. The third kappa shape index (κ3) is 4.56. The Hall–Kier alpha value is -2.54. The number of aliphatic hydroxyl groups excluding tert-OH is 1. The Kier molecular flexibility index (Phi) is 6.47. The predicted molar refractivity (Wildman–Crippen MR) is 112 cm³/mol. The molecular formula is C21H20Cl2N2O4. The second-order valence-corrected chi connectivity index (χ2v) is 7.67. The maximum absolute atomic E-state index is 12.9. The van der Waals surface area contributed by atoms with Gasteiger partial charge in [0, 0.05) is 13.1 Å². The lowest BCUT2D eigenvalue weighted by atomic mass is 9.95. The number of carbonyl (C=O) groups is 2. The molecule has 3 rings (SSSR count). The topological polar surface area (TPSA) is 74.0 Å². The largest absolute Gasteiger partial charge is 0.503 e. The van der Waals surface area contributed by atoms with Gasteiger partial charge in [-0.15, -0.1) is 0 Å². The van der Waals surface area contributed by atoms with Crippen molar-refractivity contribution in [2.75, 3.05) is 27.2 Å². The Balaban J connectivity index is 2.01. The van der Waals surface area contributed by atoms with Crippen molar-refractivity contribution in [3.05, 3.63) is 75.4 Å². The second-order valence-electron chi connectivity index (χ2n) is 6.85. The number of allylic oxidation sites excluding steroid dienone is 1. The molecule has 8 heteroatoms. The van der Waals surface area contributed by atoms with Gasteiger partial charge in [-0.2, -0.15) is 0 Å². The van der Waals surface area contributed by atoms with Crippen molar-refractivity contribution in [2.45, 2.75) is 6.04 Å². The predicted octanol–water partition coefficient (Wildman–Crippen LogP) is 4.13. The first-order chi connectivity index (χ1) is 13.8. The van der Waals surface area contributed by atoms with Crippen LogP contribution in [0.25, 0.3) is 6.08 Å². The first kappa shape index (κ1) is 21.2. The number of carbonyl (C=O) groups excluding carboxylic acids is 2. The maximum Gasteiger partial charge on any atom is 0.290 e. The van der Waals surface area contributed by atoms with E-state index in [0.29, 0.717) is 34.5 Å². The molecule has 1 aromatic heterocycles. The average Bonchev–Trinajstić information content (AvgIpc) is 3.28. The van der Waals surface area contributed by atoms with Crippen LogP contribution in [0.1, 0.15) is 17.4 Å². The molecule has 1 aliphatic heterocycles. The van der Waals surface area contributed by atoms with Gasteiger partial charge >= 0.3 is 0 Å². The summed E-state index contributed by atoms with van der Waals surface area (Å²) < 4.78 is 5.19. The fourth-order valence-corrected chi connectivity index (χ4v) is 3.41. The highest BCUT2D eigenvalue weighted by Crippen LogP contribution is 2.39. The van der Waals surface area contributed by atoms with E-state index in [-0.39, 0.29) is 5.57 Å². The molecular weight excluding hydrogens is 415 g/mol. The molecule has 1 aliphatic rings. The van der Waals surface area contributed by atoms with Gasteiger partial charge in [0.1, 0.15) is 5.76 Å². The molecule has 1 unspecified atom stereocenters. The molecule has 1 atom stereocenters. The number of halogens is 2. The summed E-state index contributed by atoms with van der Waals surface area (Å²) in [5.41, 5.74) is 0.584. The van der Waals surface area contributed by atoms with Crippen LogP contribution in [0.3, 0.4) is 0 Å². The highest BCUT2D eigenvalue weighted by molar-refractivity contribution is 6.42. The van der Waals surface area contributed by atoms with Crippen LogP contribution in [-0.2, 0) is 9.59 Å². The van der Waals surface area contributed by atoms with Gasteiger partial charge in [-0.05, 0) is 56.1 Å². The molecule has 1 aromatic carbocycles. The quantitative estimate of drug-likeness (QED) is 0.663. The van der Waals surface area contributed by atoms with E-state index >= 15 is 0 Å². The average molecular weight is 435 g/mol. The second kappa shape index (κ2) is 8.86. The minimum absolute atomic E-state index is 0.00467. The number of furan rings is 1. The van der Waals surface area contributed by atoms with Gasteiger partial charge in [-0.3, -0.25) is 9.59 Å². The minimum atomic E-state index is -0.772. The van der Waals surface area contributed by atoms with E-state index in [2.05, 4.69) is 0 Å². The molecule has 0 spiro atoms. The molecule has 0 aliphatic carbocycles. The van der Waals surface area contributed by atoms with Gasteiger partial charge in [0.25, 0.3) is 5.91 Å². The Morgan fingerprint density at radius 3 is 2.66 bits per heavy atom. The molecule has 0 saturated heterocycles. The van der Waals surface area contributed by atoms with E-state index in [1.54, 1.807) is 30.3 Å². The summed E-state index contributed by atoms with van der Waals surface area (Å²) >= 11 is 12.2. The molecule has 0 bridgehead atoms. The third-order valence-corrected chi connectivity index (χ3v) is 5.30. The fraction of sp³-hybridized carbons (Fsp3) is 0.238. The lowest BCUT2D eigenvalue weighted by molar-refractivity contribution is -0.129. The molecule has 1 N–H and O–H groups in total. The van der Waals surface area contributed by atoms with Crippen LogP contribution in [0.4, 0.5) is 0 Å². The number of aliphatic hydroxyl groups is 1. The normalized spacial score (nSPS) is 17.2. The number of nitrogens with zero attached hydrogens (tertiary/aromatic N) is 2. The number of benzene rings is 1. The summed E-state index contributed by atoms with van der Waals surface area (Å²) in [6.07, 6.45) is 4.25. The smallest absolute Gasteiger partial charge is 0.290 e. The van der Waals surface area contributed by atoms with E-state index in [9.17, 15) is 14.7 Å². The van der Waals surface area contributed by atoms with Gasteiger partial charge in [0.2, 0.25) is 0 Å². The van der Waals surface area contributed by atoms with Gasteiger partial charge < -0.3 is 19.3 Å². The van der Waals surface area contributed by atoms with Crippen LogP contribution in [0.5, 0.6) is 0 Å². The number of ketones is 1. The van der Waals surface area contributed by atoms with E-state index < -0.39 is 23.5 Å². The Labute approximate surface area is 178 Å². The zero-order valence-electron chi connectivity index (χ0n) is 15.9. The highest BCUT2D eigenvalue weighted by atomic mass is 35.5. The molecule has 2 heterocycles. The van der Waals surface area contributed by atoms with Crippen molar-refractivity contribution in [1.29, 1.82) is 0 Å². The maximum atomic E-state index is 12.9. The van der Waals surface area contributed by atoms with Crippen LogP contribution in [0.2, 0.25) is 10.0 Å². The van der Waals surface area contributed by atoms with Crippen molar-refractivity contribution >= 4 is 41.0 Å². The molecule has 0 fully saturated rings. The standard InChI is InChI=1S/C21H20Cl2N2O4/c1-24(2)9-10-25-19(13-5-7-15(22)16(23)12-13)18(20(27)21(25)28)17(26)8-6-14-4-3-11-29-14/h3-8,11-12,19,27H,9-10H2,1-2H3. The summed E-state index contributed by atoms with van der Waals surface area (Å²) in [6, 6.07) is 7.51. The van der Waals surface area contributed by atoms with Crippen LogP contribution < -0.4 is 0 Å². The van der Waals surface area contributed by atoms with Crippen LogP contribution in [0.15, 0.2) is 58.4 Å². The fourth-order valence-electron chi connectivity index (χ4n) is 3.11. The van der Waals surface area contributed by atoms with Crippen molar-refractivity contribution in [1.82, 2.24) is 9.80 Å². The minimum Gasteiger partial charge on any atom is -0.503 e. The Morgan fingerprint density at radius 1 is 1.28 bits per heavy atom. The summed E-state index contributed by atoms with van der Waals surface area (Å²) in [5.74, 6) is -1.17. The highest BCUT2D eigenvalue weighted by Gasteiger charge is 2.42. The summed E-state index contributed by atoms with van der Waals surface area (Å²) in [7, 11) is 3.75. The molecule has 152 valence electrons. The van der Waals surface area contributed by atoms with Crippen LogP contribution >= 0.6 is 23.2 Å². The molecule has 29 heavy (non-hydrogen) atoms. The Morgan fingerprint density at radius 2 is 2.03 bits per heavy atom. The monoisotopic (exact) mass is 434 g/mol. The lowest BCUT2D eigenvalue weighted by Crippen LogP contribution is -2.36. The van der Waals surface area contributed by atoms with Gasteiger partial charge in [0.05, 0.1) is 27.9 Å². The summed E-state index contributed by atoms with van der Waals surface area (Å²) in [4.78, 5) is 29.0. The van der Waals surface area contributed by atoms with Gasteiger partial charge in [0.15, 0.2) is 11.5 Å². The molecule has 2 aromatic rings. The molecule has 1 amide bonds. The van der Waals surface area contributed by atoms with Crippen molar-refractivity contribution in [3.63, 3.8) is 0 Å². The Bertz CT molecular complexity index is 981. The van der Waals surface area contributed by atoms with Crippen molar-refractivity contribution < 1.29 is 19.1 Å². The number of rotatable bonds is 7. The van der Waals surface area contributed by atoms with Crippen molar-refractivity contribution in [2.24, 2.45) is 0 Å². The molecule has 0 radical (unpaired) electrons. The van der Waals surface area contributed by atoms with Gasteiger partial charge in [-0.25, -0.2) is 0 Å².